The van der Waals surface area contributed by atoms with Gasteiger partial charge in [0.1, 0.15) is 5.69 Å². The summed E-state index contributed by atoms with van der Waals surface area (Å²) in [5.41, 5.74) is 11.0. The number of rotatable bonds is 0. The van der Waals surface area contributed by atoms with Gasteiger partial charge in [0.25, 0.3) is 0 Å². The van der Waals surface area contributed by atoms with Crippen molar-refractivity contribution in [1.82, 2.24) is 10.2 Å². The second-order valence-electron chi connectivity index (χ2n) is 8.55. The van der Waals surface area contributed by atoms with Gasteiger partial charge < -0.3 is 10.6 Å². The molecule has 0 saturated carbocycles. The van der Waals surface area contributed by atoms with Crippen LogP contribution in [0.3, 0.4) is 0 Å². The smallest absolute Gasteiger partial charge is 2.00 e. The molecule has 0 saturated heterocycles. The Bertz CT molecular complexity index is 882. The second kappa shape index (κ2) is 18.1. The van der Waals surface area contributed by atoms with Crippen LogP contribution in [-0.4, -0.2) is 16.8 Å². The summed E-state index contributed by atoms with van der Waals surface area (Å²) < 4.78 is 70.5. The minimum atomic E-state index is -4.86. The van der Waals surface area contributed by atoms with E-state index in [1.807, 2.05) is 0 Å². The molecular weight excluding hydrogens is 700 g/mol. The average Bonchev–Trinajstić information content (AvgIpc) is 3.41. The first-order chi connectivity index (χ1) is 16.2. The van der Waals surface area contributed by atoms with Crippen LogP contribution in [0, 0.1) is 69.2 Å². The molecule has 3 aromatic rings. The summed E-state index contributed by atoms with van der Waals surface area (Å²) >= 11 is 0. The van der Waals surface area contributed by atoms with E-state index < -0.39 is 23.7 Å². The fourth-order valence-electron chi connectivity index (χ4n) is 3.31. The van der Waals surface area contributed by atoms with E-state index in [1.54, 1.807) is 6.92 Å². The summed E-state index contributed by atoms with van der Waals surface area (Å²) in [5.74, 6) is 0. The van der Waals surface area contributed by atoms with Crippen LogP contribution < -0.4 is 5.11 Å². The normalized spacial score (nSPS) is 10.3. The number of hydrogen-bond donors (Lipinski definition) is 1. The number of aromatic amines is 1. The van der Waals surface area contributed by atoms with E-state index in [0.717, 1.165) is 0 Å². The van der Waals surface area contributed by atoms with Gasteiger partial charge in [-0.3, -0.25) is 23.1 Å². The van der Waals surface area contributed by atoms with Gasteiger partial charge in [-0.15, -0.1) is 13.5 Å². The van der Waals surface area contributed by atoms with E-state index >= 15 is 0 Å². The molecule has 224 valence electrons. The Morgan fingerprint density at radius 1 is 0.769 bits per heavy atom. The van der Waals surface area contributed by atoms with Crippen molar-refractivity contribution in [2.24, 2.45) is 0 Å². The molecule has 0 fully saturated rings. The van der Waals surface area contributed by atoms with Gasteiger partial charge in [0.15, 0.2) is 5.69 Å². The van der Waals surface area contributed by atoms with Gasteiger partial charge in [-0.25, -0.2) is 11.1 Å². The first kappa shape index (κ1) is 44.5. The van der Waals surface area contributed by atoms with Gasteiger partial charge in [0, 0.05) is 6.07 Å². The largest absolute Gasteiger partial charge is 3.00 e. The molecule has 0 amide bonds. The Hall–Kier alpha value is -1.47. The van der Waals surface area contributed by atoms with Crippen LogP contribution >= 0.6 is 0 Å². The first-order valence-electron chi connectivity index (χ1n) is 11.3. The predicted octanol–water partition coefficient (Wildman–Crippen LogP) is 7.46. The molecule has 2 aromatic carbocycles. The van der Waals surface area contributed by atoms with E-state index in [0.29, 0.717) is 0 Å². The van der Waals surface area contributed by atoms with E-state index in [4.69, 9.17) is 5.11 Å². The summed E-state index contributed by atoms with van der Waals surface area (Å²) in [7, 11) is 0. The Kier molecular flexibility index (Phi) is 20.6. The van der Waals surface area contributed by atoms with Crippen molar-refractivity contribution < 1.29 is 75.9 Å². The summed E-state index contributed by atoms with van der Waals surface area (Å²) in [6, 6.07) is -0.0833. The molecule has 1 N–H and O–H groups in total. The topological polar surface area (TPSA) is 80.2 Å². The standard InChI is InChI=1S/C10H15.C10H14.C5H2F6N2.C2H5O.O.2Ru/c2*1-6-7(2)9(4)10(5)8(6)3;6-4(7,8)2-1-3(13-12-2)5(9,10)11;1-2-3;;;/h1-5H3;1H2,2-5H3;1H,(H,12,13);2H2,1H3;;;/q-1;-2;;-1;-2;2*+3. The van der Waals surface area contributed by atoms with Crippen LogP contribution in [-0.2, 0) is 56.8 Å². The molecule has 1 aromatic heterocycles. The van der Waals surface area contributed by atoms with Crippen LogP contribution in [0.4, 0.5) is 26.3 Å². The van der Waals surface area contributed by atoms with Gasteiger partial charge in [-0.2, -0.15) is 64.8 Å². The van der Waals surface area contributed by atoms with Gasteiger partial charge >= 0.3 is 51.3 Å². The SMILES string of the molecule is CC[O-].Cc1c(C)c(C)[c-](C)c1C.FC(F)(F)c1cc(C(F)(F)F)[nH]n1.[CH2-]c1c(C)c(C)[c-](C)c1C.[O-2].[Ru+3].[Ru+3]. The van der Waals surface area contributed by atoms with Crippen LogP contribution in [0.15, 0.2) is 6.07 Å². The molecule has 0 bridgehead atoms. The molecule has 0 aliphatic heterocycles. The molecule has 0 atom stereocenters. The van der Waals surface area contributed by atoms with Gasteiger partial charge in [0.05, 0.1) is 0 Å². The Balaban J connectivity index is -0.000000218. The number of hydrogen-bond acceptors (Lipinski definition) is 2. The number of alkyl halides is 6. The zero-order chi connectivity index (χ0) is 28.8. The Morgan fingerprint density at radius 3 is 1.23 bits per heavy atom. The average molecular weight is 737 g/mol. The van der Waals surface area contributed by atoms with Crippen molar-refractivity contribution in [3.05, 3.63) is 80.0 Å². The molecule has 0 spiro atoms. The number of nitrogens with zero attached hydrogens (tertiary/aromatic N) is 1. The zero-order valence-electron chi connectivity index (χ0n) is 23.7. The molecule has 1 heterocycles. The van der Waals surface area contributed by atoms with Gasteiger partial charge in [-0.1, -0.05) is 62.3 Å². The van der Waals surface area contributed by atoms with E-state index in [9.17, 15) is 26.3 Å². The van der Waals surface area contributed by atoms with Crippen molar-refractivity contribution in [3.63, 3.8) is 0 Å². The first-order valence-corrected chi connectivity index (χ1v) is 11.3. The van der Waals surface area contributed by atoms with Gasteiger partial charge in [0.2, 0.25) is 0 Å². The Morgan fingerprint density at radius 2 is 1.10 bits per heavy atom. The van der Waals surface area contributed by atoms with Crippen molar-refractivity contribution in [3.8, 4) is 0 Å². The Labute approximate surface area is 253 Å². The summed E-state index contributed by atoms with van der Waals surface area (Å²) in [6.07, 6.45) is -9.70. The van der Waals surface area contributed by atoms with Crippen molar-refractivity contribution in [1.29, 1.82) is 0 Å². The minimum absolute atomic E-state index is 0. The van der Waals surface area contributed by atoms with Gasteiger partial charge in [-0.05, 0) is 0 Å². The fourth-order valence-corrected chi connectivity index (χ4v) is 3.31. The van der Waals surface area contributed by atoms with Crippen molar-refractivity contribution in [2.75, 3.05) is 6.61 Å². The molecule has 4 nitrogen and oxygen atoms in total. The monoisotopic (exact) mass is 738 g/mol. The number of halogens is 6. The van der Waals surface area contributed by atoms with Crippen LogP contribution in [0.25, 0.3) is 0 Å². The number of nitrogens with one attached hydrogen (secondary N) is 1. The van der Waals surface area contributed by atoms with E-state index in [-0.39, 0.29) is 57.1 Å². The van der Waals surface area contributed by atoms with Crippen LogP contribution in [0.1, 0.15) is 73.9 Å². The fraction of sp³-hybridized carbons (Fsp3) is 0.481. The maximum absolute atomic E-state index is 11.8. The third-order valence-corrected chi connectivity index (χ3v) is 6.58. The van der Waals surface area contributed by atoms with E-state index in [1.165, 1.54) is 60.7 Å². The summed E-state index contributed by atoms with van der Waals surface area (Å²) in [4.78, 5) is 0. The van der Waals surface area contributed by atoms with Crippen LogP contribution in [0.2, 0.25) is 0 Å². The molecule has 39 heavy (non-hydrogen) atoms. The summed E-state index contributed by atoms with van der Waals surface area (Å²) in [5, 5.41) is 12.7. The summed E-state index contributed by atoms with van der Waals surface area (Å²) in [6.45, 7) is 25.2. The number of aromatic nitrogens is 2. The van der Waals surface area contributed by atoms with Crippen molar-refractivity contribution >= 4 is 0 Å². The molecular formula is C27H36F6N2O2Ru2. The van der Waals surface area contributed by atoms with Crippen LogP contribution in [0.5, 0.6) is 0 Å². The van der Waals surface area contributed by atoms with E-state index in [2.05, 4.69) is 74.3 Å². The zero-order valence-corrected chi connectivity index (χ0v) is 27.2. The molecule has 0 aliphatic rings. The molecule has 0 aliphatic carbocycles. The molecule has 0 unspecified atom stereocenters. The minimum Gasteiger partial charge on any atom is -2.00 e. The second-order valence-corrected chi connectivity index (χ2v) is 8.55. The maximum Gasteiger partial charge on any atom is 3.00 e. The molecule has 2 radical (unpaired) electrons. The molecule has 12 heteroatoms. The molecule has 3 rings (SSSR count). The number of H-pyrrole nitrogens is 1. The van der Waals surface area contributed by atoms with Crippen molar-refractivity contribution in [2.45, 2.75) is 81.6 Å². The third-order valence-electron chi connectivity index (χ3n) is 6.58. The third kappa shape index (κ3) is 12.3. The quantitative estimate of drug-likeness (QED) is 0.148. The maximum atomic E-state index is 11.8. The predicted molar refractivity (Wildman–Crippen MR) is 131 cm³/mol.